The van der Waals surface area contributed by atoms with E-state index < -0.39 is 6.04 Å². The summed E-state index contributed by atoms with van der Waals surface area (Å²) < 4.78 is 2.21. The summed E-state index contributed by atoms with van der Waals surface area (Å²) in [5.41, 5.74) is 7.51. The second-order valence-corrected chi connectivity index (χ2v) is 4.56. The Morgan fingerprint density at radius 1 is 1.42 bits per heavy atom. The van der Waals surface area contributed by atoms with Crippen LogP contribution in [-0.2, 0) is 11.3 Å². The summed E-state index contributed by atoms with van der Waals surface area (Å²) in [4.78, 5) is 11.5. The van der Waals surface area contributed by atoms with Crippen LogP contribution in [0.5, 0.6) is 0 Å². The lowest BCUT2D eigenvalue weighted by atomic mass is 10.2. The first-order chi connectivity index (χ1) is 8.61. The number of nitrogens with zero attached hydrogens (tertiary/aromatic N) is 1. The molecule has 0 spiro atoms. The number of benzene rings is 1. The topological polar surface area (TPSA) is 60.0 Å². The number of nitrogens with two attached hydrogens (primary N) is 1. The Morgan fingerprint density at radius 2 is 2.16 bits per heavy atom. The van der Waals surface area contributed by atoms with Gasteiger partial charge in [-0.3, -0.25) is 4.79 Å². The Kier molecular flexibility index (Phi) is 5.39. The molecular weight excluding hydrogens is 262 g/mol. The van der Waals surface area contributed by atoms with Crippen molar-refractivity contribution in [3.63, 3.8) is 0 Å². The molecule has 2 aromatic rings. The van der Waals surface area contributed by atoms with Crippen LogP contribution in [-0.4, -0.2) is 16.5 Å². The molecule has 1 unspecified atom stereocenters. The number of aryl methyl sites for hydroxylation is 1. The van der Waals surface area contributed by atoms with Gasteiger partial charge in [0, 0.05) is 29.3 Å². The van der Waals surface area contributed by atoms with Crippen molar-refractivity contribution in [1.82, 2.24) is 4.57 Å². The molecule has 1 heterocycles. The minimum absolute atomic E-state index is 0. The summed E-state index contributed by atoms with van der Waals surface area (Å²) in [6.45, 7) is 4.84. The van der Waals surface area contributed by atoms with Gasteiger partial charge in [-0.1, -0.05) is 6.92 Å². The Hall–Kier alpha value is -1.52. The van der Waals surface area contributed by atoms with Crippen molar-refractivity contribution in [1.29, 1.82) is 0 Å². The van der Waals surface area contributed by atoms with Crippen LogP contribution in [0, 0.1) is 0 Å². The molecule has 0 aliphatic carbocycles. The molecule has 0 aliphatic rings. The predicted molar refractivity (Wildman–Crippen MR) is 81.8 cm³/mol. The van der Waals surface area contributed by atoms with Crippen LogP contribution in [0.25, 0.3) is 10.9 Å². The number of nitrogens with one attached hydrogen (secondary N) is 1. The lowest BCUT2D eigenvalue weighted by Crippen LogP contribution is -2.32. The third-order valence-corrected chi connectivity index (χ3v) is 2.92. The van der Waals surface area contributed by atoms with Crippen molar-refractivity contribution in [3.8, 4) is 0 Å². The van der Waals surface area contributed by atoms with Gasteiger partial charge >= 0.3 is 0 Å². The molecule has 0 saturated heterocycles. The van der Waals surface area contributed by atoms with Crippen LogP contribution >= 0.6 is 12.4 Å². The summed E-state index contributed by atoms with van der Waals surface area (Å²) >= 11 is 0. The summed E-state index contributed by atoms with van der Waals surface area (Å²) in [6.07, 6.45) is 3.18. The van der Waals surface area contributed by atoms with E-state index >= 15 is 0 Å². The minimum atomic E-state index is -0.495. The van der Waals surface area contributed by atoms with E-state index in [1.54, 1.807) is 6.92 Å². The second-order valence-electron chi connectivity index (χ2n) is 4.56. The highest BCUT2D eigenvalue weighted by molar-refractivity contribution is 5.96. The van der Waals surface area contributed by atoms with Gasteiger partial charge in [-0.15, -0.1) is 12.4 Å². The average Bonchev–Trinajstić information content (AvgIpc) is 2.72. The number of rotatable bonds is 4. The summed E-state index contributed by atoms with van der Waals surface area (Å²) in [6, 6.07) is 7.48. The molecule has 1 aromatic carbocycles. The summed E-state index contributed by atoms with van der Waals surface area (Å²) in [5.74, 6) is -0.164. The van der Waals surface area contributed by atoms with Gasteiger partial charge in [-0.05, 0) is 37.6 Å². The highest BCUT2D eigenvalue weighted by atomic mass is 35.5. The van der Waals surface area contributed by atoms with Gasteiger partial charge in [-0.25, -0.2) is 0 Å². The zero-order valence-electron chi connectivity index (χ0n) is 11.2. The third-order valence-electron chi connectivity index (χ3n) is 2.92. The molecule has 0 aliphatic heterocycles. The fourth-order valence-electron chi connectivity index (χ4n) is 1.97. The first-order valence-corrected chi connectivity index (χ1v) is 6.27. The number of carbonyl (C=O) groups is 1. The van der Waals surface area contributed by atoms with Crippen molar-refractivity contribution in [2.45, 2.75) is 32.9 Å². The average molecular weight is 282 g/mol. The normalized spacial score (nSPS) is 11.9. The smallest absolute Gasteiger partial charge is 0.240 e. The molecular formula is C14H20ClN3O. The molecule has 1 amide bonds. The molecule has 0 bridgehead atoms. The fraction of sp³-hybridized carbons (Fsp3) is 0.357. The van der Waals surface area contributed by atoms with Gasteiger partial charge in [-0.2, -0.15) is 0 Å². The van der Waals surface area contributed by atoms with Crippen LogP contribution in [0.2, 0.25) is 0 Å². The lowest BCUT2D eigenvalue weighted by molar-refractivity contribution is -0.117. The van der Waals surface area contributed by atoms with Crippen molar-refractivity contribution < 1.29 is 4.79 Å². The predicted octanol–water partition coefficient (Wildman–Crippen LogP) is 2.76. The molecule has 3 N–H and O–H groups in total. The quantitative estimate of drug-likeness (QED) is 0.905. The number of fused-ring (bicyclic) bond motifs is 1. The Balaban J connectivity index is 0.00000180. The molecule has 1 aromatic heterocycles. The van der Waals surface area contributed by atoms with E-state index in [0.717, 1.165) is 24.0 Å². The van der Waals surface area contributed by atoms with E-state index in [2.05, 4.69) is 29.1 Å². The monoisotopic (exact) mass is 281 g/mol. The van der Waals surface area contributed by atoms with Crippen LogP contribution in [0.15, 0.2) is 30.5 Å². The molecule has 19 heavy (non-hydrogen) atoms. The van der Waals surface area contributed by atoms with E-state index in [1.165, 1.54) is 5.52 Å². The fourth-order valence-corrected chi connectivity index (χ4v) is 1.97. The minimum Gasteiger partial charge on any atom is -0.347 e. The van der Waals surface area contributed by atoms with Crippen LogP contribution < -0.4 is 11.1 Å². The Morgan fingerprint density at radius 3 is 2.79 bits per heavy atom. The lowest BCUT2D eigenvalue weighted by Gasteiger charge is -2.08. The Labute approximate surface area is 119 Å². The highest BCUT2D eigenvalue weighted by Crippen LogP contribution is 2.20. The van der Waals surface area contributed by atoms with E-state index in [1.807, 2.05) is 18.2 Å². The number of halogens is 1. The van der Waals surface area contributed by atoms with Gasteiger partial charge in [0.2, 0.25) is 5.91 Å². The van der Waals surface area contributed by atoms with Crippen molar-refractivity contribution in [2.24, 2.45) is 5.73 Å². The maximum Gasteiger partial charge on any atom is 0.240 e. The maximum atomic E-state index is 11.5. The van der Waals surface area contributed by atoms with Gasteiger partial charge in [0.1, 0.15) is 0 Å². The second kappa shape index (κ2) is 6.59. The highest BCUT2D eigenvalue weighted by Gasteiger charge is 2.08. The number of hydrogen-bond acceptors (Lipinski definition) is 2. The number of aromatic nitrogens is 1. The largest absolute Gasteiger partial charge is 0.347 e. The summed E-state index contributed by atoms with van der Waals surface area (Å²) in [5, 5.41) is 3.93. The maximum absolute atomic E-state index is 11.5. The van der Waals surface area contributed by atoms with Gasteiger partial charge < -0.3 is 15.6 Å². The molecule has 5 heteroatoms. The van der Waals surface area contributed by atoms with E-state index in [-0.39, 0.29) is 18.3 Å². The van der Waals surface area contributed by atoms with Crippen LogP contribution in [0.3, 0.4) is 0 Å². The molecule has 104 valence electrons. The number of amides is 1. The SMILES string of the molecule is CCCn1ccc2cc(NC(=O)C(C)N)ccc21.Cl. The zero-order chi connectivity index (χ0) is 13.1. The molecule has 2 rings (SSSR count). The molecule has 0 radical (unpaired) electrons. The van der Waals surface area contributed by atoms with Crippen LogP contribution in [0.4, 0.5) is 5.69 Å². The third kappa shape index (κ3) is 3.49. The van der Waals surface area contributed by atoms with Gasteiger partial charge in [0.25, 0.3) is 0 Å². The van der Waals surface area contributed by atoms with Crippen LogP contribution in [0.1, 0.15) is 20.3 Å². The number of anilines is 1. The number of hydrogen-bond donors (Lipinski definition) is 2. The molecule has 4 nitrogen and oxygen atoms in total. The first-order valence-electron chi connectivity index (χ1n) is 6.27. The van der Waals surface area contributed by atoms with Crippen molar-refractivity contribution in [2.75, 3.05) is 5.32 Å². The number of carbonyl (C=O) groups excluding carboxylic acids is 1. The van der Waals surface area contributed by atoms with Gasteiger partial charge in [0.05, 0.1) is 6.04 Å². The first kappa shape index (κ1) is 15.5. The Bertz CT molecular complexity index is 563. The van der Waals surface area contributed by atoms with Crippen molar-refractivity contribution in [3.05, 3.63) is 30.5 Å². The molecule has 1 atom stereocenters. The van der Waals surface area contributed by atoms with E-state index in [9.17, 15) is 4.79 Å². The summed E-state index contributed by atoms with van der Waals surface area (Å²) in [7, 11) is 0. The van der Waals surface area contributed by atoms with E-state index in [4.69, 9.17) is 5.73 Å². The standard InChI is InChI=1S/C14H19N3O.ClH/c1-3-7-17-8-6-11-9-12(4-5-13(11)17)16-14(18)10(2)15;/h4-6,8-10H,3,7,15H2,1-2H3,(H,16,18);1H. The van der Waals surface area contributed by atoms with Gasteiger partial charge in [0.15, 0.2) is 0 Å². The zero-order valence-corrected chi connectivity index (χ0v) is 12.0. The molecule has 0 saturated carbocycles. The van der Waals surface area contributed by atoms with Crippen molar-refractivity contribution >= 4 is 34.9 Å². The van der Waals surface area contributed by atoms with E-state index in [0.29, 0.717) is 0 Å². The molecule has 0 fully saturated rings.